The molecule has 0 aliphatic rings. The van der Waals surface area contributed by atoms with Crippen molar-refractivity contribution in [1.29, 1.82) is 0 Å². The SMILES string of the molecule is C=CCC[C@H](N)c1ccc(SCC)cc1. The van der Waals surface area contributed by atoms with E-state index >= 15 is 0 Å². The van der Waals surface area contributed by atoms with Gasteiger partial charge in [-0.3, -0.25) is 0 Å². The summed E-state index contributed by atoms with van der Waals surface area (Å²) in [7, 11) is 0. The number of thioether (sulfide) groups is 1. The fraction of sp³-hybridized carbons (Fsp3) is 0.385. The zero-order chi connectivity index (χ0) is 11.1. The highest BCUT2D eigenvalue weighted by atomic mass is 32.2. The summed E-state index contributed by atoms with van der Waals surface area (Å²) < 4.78 is 0. The number of hydrogen-bond donors (Lipinski definition) is 1. The van der Waals surface area contributed by atoms with Crippen molar-refractivity contribution < 1.29 is 0 Å². The molecule has 2 heteroatoms. The molecule has 0 bridgehead atoms. The molecule has 82 valence electrons. The molecule has 0 radical (unpaired) electrons. The largest absolute Gasteiger partial charge is 0.324 e. The van der Waals surface area contributed by atoms with Crippen molar-refractivity contribution in [2.24, 2.45) is 5.73 Å². The highest BCUT2D eigenvalue weighted by Gasteiger charge is 2.04. The van der Waals surface area contributed by atoms with Crippen molar-refractivity contribution in [2.45, 2.75) is 30.7 Å². The Bertz CT molecular complexity index is 292. The van der Waals surface area contributed by atoms with Gasteiger partial charge in [-0.05, 0) is 36.3 Å². The van der Waals surface area contributed by atoms with Gasteiger partial charge in [0.1, 0.15) is 0 Å². The highest BCUT2D eigenvalue weighted by molar-refractivity contribution is 7.99. The van der Waals surface area contributed by atoms with Gasteiger partial charge < -0.3 is 5.73 Å². The zero-order valence-corrected chi connectivity index (χ0v) is 10.1. The van der Waals surface area contributed by atoms with Gasteiger partial charge in [-0.2, -0.15) is 0 Å². The van der Waals surface area contributed by atoms with Crippen LogP contribution in [0.4, 0.5) is 0 Å². The number of allylic oxidation sites excluding steroid dienone is 1. The summed E-state index contributed by atoms with van der Waals surface area (Å²) in [6.45, 7) is 5.87. The van der Waals surface area contributed by atoms with Gasteiger partial charge in [-0.15, -0.1) is 18.3 Å². The van der Waals surface area contributed by atoms with E-state index in [1.807, 2.05) is 17.8 Å². The molecular formula is C13H19NS. The summed E-state index contributed by atoms with van der Waals surface area (Å²) in [6.07, 6.45) is 3.87. The van der Waals surface area contributed by atoms with Gasteiger partial charge in [0.05, 0.1) is 0 Å². The average Bonchev–Trinajstić information content (AvgIpc) is 2.27. The van der Waals surface area contributed by atoms with Gasteiger partial charge in [0.2, 0.25) is 0 Å². The van der Waals surface area contributed by atoms with Gasteiger partial charge in [0.15, 0.2) is 0 Å². The molecular weight excluding hydrogens is 202 g/mol. The van der Waals surface area contributed by atoms with Crippen LogP contribution < -0.4 is 5.73 Å². The van der Waals surface area contributed by atoms with Crippen LogP contribution >= 0.6 is 11.8 Å². The van der Waals surface area contributed by atoms with Crippen molar-refractivity contribution >= 4 is 11.8 Å². The van der Waals surface area contributed by atoms with Gasteiger partial charge in [0.25, 0.3) is 0 Å². The third-order valence-corrected chi connectivity index (χ3v) is 3.20. The Morgan fingerprint density at radius 3 is 2.60 bits per heavy atom. The van der Waals surface area contributed by atoms with E-state index in [9.17, 15) is 0 Å². The van der Waals surface area contributed by atoms with Crippen molar-refractivity contribution in [3.63, 3.8) is 0 Å². The normalized spacial score (nSPS) is 12.4. The molecule has 0 saturated heterocycles. The molecule has 1 atom stereocenters. The summed E-state index contributed by atoms with van der Waals surface area (Å²) in [4.78, 5) is 1.32. The average molecular weight is 221 g/mol. The maximum absolute atomic E-state index is 6.05. The molecule has 1 aromatic carbocycles. The standard InChI is InChI=1S/C13H19NS/c1-3-5-6-13(14)11-7-9-12(10-8-11)15-4-2/h3,7-10,13H,1,4-6,14H2,2H3/t13-/m0/s1. The number of benzene rings is 1. The van der Waals surface area contributed by atoms with Crippen LogP contribution in [0, 0.1) is 0 Å². The van der Waals surface area contributed by atoms with E-state index in [2.05, 4.69) is 37.8 Å². The first kappa shape index (κ1) is 12.3. The molecule has 0 unspecified atom stereocenters. The molecule has 0 aliphatic carbocycles. The maximum Gasteiger partial charge on any atom is 0.0297 e. The van der Waals surface area contributed by atoms with Crippen molar-refractivity contribution in [3.05, 3.63) is 42.5 Å². The van der Waals surface area contributed by atoms with Gasteiger partial charge >= 0.3 is 0 Å². The fourth-order valence-corrected chi connectivity index (χ4v) is 2.10. The second kappa shape index (κ2) is 6.70. The Balaban J connectivity index is 2.58. The summed E-state index contributed by atoms with van der Waals surface area (Å²) >= 11 is 1.86. The molecule has 0 aromatic heterocycles. The Hall–Kier alpha value is -0.730. The molecule has 2 N–H and O–H groups in total. The number of hydrogen-bond acceptors (Lipinski definition) is 2. The van der Waals surface area contributed by atoms with E-state index in [1.165, 1.54) is 10.5 Å². The number of nitrogens with two attached hydrogens (primary N) is 1. The van der Waals surface area contributed by atoms with Crippen LogP contribution in [0.3, 0.4) is 0 Å². The van der Waals surface area contributed by atoms with Gasteiger partial charge in [-0.1, -0.05) is 25.1 Å². The van der Waals surface area contributed by atoms with E-state index in [4.69, 9.17) is 5.73 Å². The zero-order valence-electron chi connectivity index (χ0n) is 9.28. The minimum atomic E-state index is 0.142. The number of rotatable bonds is 6. The molecule has 0 saturated carbocycles. The predicted molar refractivity (Wildman–Crippen MR) is 69.2 cm³/mol. The first-order valence-corrected chi connectivity index (χ1v) is 6.35. The summed E-state index contributed by atoms with van der Waals surface area (Å²) in [6, 6.07) is 8.70. The minimum absolute atomic E-state index is 0.142. The lowest BCUT2D eigenvalue weighted by Crippen LogP contribution is -2.09. The Morgan fingerprint density at radius 2 is 2.07 bits per heavy atom. The maximum atomic E-state index is 6.05. The lowest BCUT2D eigenvalue weighted by atomic mass is 10.0. The van der Waals surface area contributed by atoms with E-state index in [0.717, 1.165) is 18.6 Å². The third kappa shape index (κ3) is 4.10. The quantitative estimate of drug-likeness (QED) is 0.584. The Kier molecular flexibility index (Phi) is 5.51. The smallest absolute Gasteiger partial charge is 0.0297 e. The Morgan fingerprint density at radius 1 is 1.40 bits per heavy atom. The van der Waals surface area contributed by atoms with Crippen LogP contribution in [0.1, 0.15) is 31.4 Å². The van der Waals surface area contributed by atoms with E-state index < -0.39 is 0 Å². The second-order valence-electron chi connectivity index (χ2n) is 3.47. The summed E-state index contributed by atoms with van der Waals surface area (Å²) in [5.74, 6) is 1.11. The molecule has 0 aliphatic heterocycles. The van der Waals surface area contributed by atoms with Gasteiger partial charge in [0, 0.05) is 10.9 Å². The van der Waals surface area contributed by atoms with Crippen LogP contribution in [0.25, 0.3) is 0 Å². The second-order valence-corrected chi connectivity index (χ2v) is 4.81. The minimum Gasteiger partial charge on any atom is -0.324 e. The van der Waals surface area contributed by atoms with E-state index in [-0.39, 0.29) is 6.04 Å². The summed E-state index contributed by atoms with van der Waals surface area (Å²) in [5, 5.41) is 0. The molecule has 0 amide bonds. The molecule has 1 rings (SSSR count). The van der Waals surface area contributed by atoms with Crippen LogP contribution in [-0.4, -0.2) is 5.75 Å². The fourth-order valence-electron chi connectivity index (χ4n) is 1.44. The molecule has 0 heterocycles. The van der Waals surface area contributed by atoms with Crippen molar-refractivity contribution in [3.8, 4) is 0 Å². The van der Waals surface area contributed by atoms with Crippen LogP contribution in [0.15, 0.2) is 41.8 Å². The van der Waals surface area contributed by atoms with Gasteiger partial charge in [-0.25, -0.2) is 0 Å². The molecule has 0 fully saturated rings. The van der Waals surface area contributed by atoms with Crippen LogP contribution in [0.2, 0.25) is 0 Å². The lowest BCUT2D eigenvalue weighted by Gasteiger charge is -2.11. The predicted octanol–water partition coefficient (Wildman–Crippen LogP) is 3.76. The molecule has 0 spiro atoms. The molecule has 15 heavy (non-hydrogen) atoms. The monoisotopic (exact) mass is 221 g/mol. The first-order valence-electron chi connectivity index (χ1n) is 5.37. The van der Waals surface area contributed by atoms with Crippen molar-refractivity contribution in [1.82, 2.24) is 0 Å². The van der Waals surface area contributed by atoms with Crippen LogP contribution in [-0.2, 0) is 0 Å². The van der Waals surface area contributed by atoms with E-state index in [1.54, 1.807) is 0 Å². The Labute approximate surface area is 96.8 Å². The summed E-state index contributed by atoms with van der Waals surface area (Å²) in [5.41, 5.74) is 7.27. The lowest BCUT2D eigenvalue weighted by molar-refractivity contribution is 0.661. The topological polar surface area (TPSA) is 26.0 Å². The van der Waals surface area contributed by atoms with Crippen molar-refractivity contribution in [2.75, 3.05) is 5.75 Å². The first-order chi connectivity index (χ1) is 7.27. The van der Waals surface area contributed by atoms with Crippen LogP contribution in [0.5, 0.6) is 0 Å². The molecule has 1 aromatic rings. The van der Waals surface area contributed by atoms with E-state index in [0.29, 0.717) is 0 Å². The third-order valence-electron chi connectivity index (χ3n) is 2.30. The molecule has 1 nitrogen and oxygen atoms in total. The highest BCUT2D eigenvalue weighted by Crippen LogP contribution is 2.21.